The summed E-state index contributed by atoms with van der Waals surface area (Å²) in [5, 5.41) is 6.53. The number of rotatable bonds is 5. The lowest BCUT2D eigenvalue weighted by Crippen LogP contribution is -2.15. The Bertz CT molecular complexity index is 946. The molecule has 1 amide bonds. The second kappa shape index (κ2) is 7.84. The molecule has 2 aromatic carbocycles. The second-order valence-electron chi connectivity index (χ2n) is 5.51. The lowest BCUT2D eigenvalue weighted by molar-refractivity contribution is 0.102. The van der Waals surface area contributed by atoms with Crippen molar-refractivity contribution in [3.8, 4) is 5.75 Å². The Morgan fingerprint density at radius 3 is 2.73 bits per heavy atom. The monoisotopic (exact) mass is 368 g/mol. The summed E-state index contributed by atoms with van der Waals surface area (Å²) in [5.74, 6) is 0.881. The zero-order chi connectivity index (χ0) is 18.5. The van der Waals surface area contributed by atoms with E-state index >= 15 is 0 Å². The number of carbonyl (C=O) groups is 1. The van der Waals surface area contributed by atoms with Gasteiger partial charge in [0.2, 0.25) is 0 Å². The molecule has 1 aromatic heterocycles. The summed E-state index contributed by atoms with van der Waals surface area (Å²) in [6, 6.07) is 14.3. The largest absolute Gasteiger partial charge is 0.497 e. The van der Waals surface area contributed by atoms with Gasteiger partial charge in [-0.2, -0.15) is 0 Å². The number of halogens is 1. The van der Waals surface area contributed by atoms with Crippen LogP contribution in [-0.2, 0) is 0 Å². The first-order chi connectivity index (χ1) is 12.6. The predicted octanol–water partition coefficient (Wildman–Crippen LogP) is 4.44. The van der Waals surface area contributed by atoms with Gasteiger partial charge in [-0.1, -0.05) is 23.7 Å². The van der Waals surface area contributed by atoms with Gasteiger partial charge in [0.05, 0.1) is 7.11 Å². The van der Waals surface area contributed by atoms with Crippen LogP contribution in [0.4, 0.5) is 17.2 Å². The first-order valence-electron chi connectivity index (χ1n) is 7.86. The molecule has 0 aliphatic heterocycles. The smallest absolute Gasteiger partial charge is 0.274 e. The number of hydrogen-bond donors (Lipinski definition) is 2. The molecule has 0 bridgehead atoms. The van der Waals surface area contributed by atoms with Crippen molar-refractivity contribution in [3.05, 3.63) is 71.1 Å². The first-order valence-corrected chi connectivity index (χ1v) is 8.24. The summed E-state index contributed by atoms with van der Waals surface area (Å²) in [6.07, 6.45) is 1.34. The third-order valence-electron chi connectivity index (χ3n) is 3.76. The van der Waals surface area contributed by atoms with Crippen LogP contribution in [-0.4, -0.2) is 23.0 Å². The zero-order valence-electron chi connectivity index (χ0n) is 14.3. The maximum Gasteiger partial charge on any atom is 0.274 e. The van der Waals surface area contributed by atoms with Crippen LogP contribution in [0.2, 0.25) is 5.02 Å². The molecular weight excluding hydrogens is 352 g/mol. The Kier molecular flexibility index (Phi) is 5.34. The van der Waals surface area contributed by atoms with Gasteiger partial charge in [0, 0.05) is 28.5 Å². The molecule has 7 heteroatoms. The summed E-state index contributed by atoms with van der Waals surface area (Å²) in [7, 11) is 1.60. The summed E-state index contributed by atoms with van der Waals surface area (Å²) in [5.41, 5.74) is 2.47. The molecule has 26 heavy (non-hydrogen) atoms. The van der Waals surface area contributed by atoms with Crippen molar-refractivity contribution in [2.45, 2.75) is 6.92 Å². The van der Waals surface area contributed by atoms with E-state index in [2.05, 4.69) is 20.6 Å². The molecule has 3 rings (SSSR count). The van der Waals surface area contributed by atoms with Crippen LogP contribution in [0.5, 0.6) is 5.75 Å². The van der Waals surface area contributed by atoms with Crippen LogP contribution in [0.25, 0.3) is 0 Å². The third kappa shape index (κ3) is 4.10. The minimum atomic E-state index is -0.341. The Labute approximate surface area is 156 Å². The molecule has 0 fully saturated rings. The standard InChI is InChI=1S/C19H17ClN4O2/c1-12-15(20)7-4-8-16(12)24-19(25)17-10-18(22-11-21-17)23-13-5-3-6-14(9-13)26-2/h3-11H,1-2H3,(H,24,25)(H,21,22,23). The highest BCUT2D eigenvalue weighted by Crippen LogP contribution is 2.24. The number of nitrogens with one attached hydrogen (secondary N) is 2. The number of aromatic nitrogens is 2. The minimum absolute atomic E-state index is 0.241. The molecule has 0 spiro atoms. The molecule has 1 heterocycles. The lowest BCUT2D eigenvalue weighted by atomic mass is 10.2. The Morgan fingerprint density at radius 2 is 1.92 bits per heavy atom. The lowest BCUT2D eigenvalue weighted by Gasteiger charge is -2.10. The van der Waals surface area contributed by atoms with E-state index in [-0.39, 0.29) is 11.6 Å². The maximum absolute atomic E-state index is 12.5. The molecule has 6 nitrogen and oxygen atoms in total. The number of anilines is 3. The normalized spacial score (nSPS) is 10.3. The van der Waals surface area contributed by atoms with Crippen LogP contribution in [0, 0.1) is 6.92 Å². The molecule has 0 saturated carbocycles. The molecule has 0 unspecified atom stereocenters. The predicted molar refractivity (Wildman–Crippen MR) is 102 cm³/mol. The van der Waals surface area contributed by atoms with Crippen molar-refractivity contribution in [3.63, 3.8) is 0 Å². The van der Waals surface area contributed by atoms with Gasteiger partial charge in [0.1, 0.15) is 23.6 Å². The topological polar surface area (TPSA) is 76.1 Å². The molecule has 0 atom stereocenters. The fourth-order valence-electron chi connectivity index (χ4n) is 2.33. The van der Waals surface area contributed by atoms with Crippen LogP contribution in [0.1, 0.15) is 16.1 Å². The third-order valence-corrected chi connectivity index (χ3v) is 4.17. The van der Waals surface area contributed by atoms with Gasteiger partial charge in [0.15, 0.2) is 0 Å². The fourth-order valence-corrected chi connectivity index (χ4v) is 2.50. The molecule has 0 aliphatic carbocycles. The van der Waals surface area contributed by atoms with Crippen LogP contribution in [0.15, 0.2) is 54.9 Å². The van der Waals surface area contributed by atoms with Gasteiger partial charge in [-0.3, -0.25) is 4.79 Å². The van der Waals surface area contributed by atoms with Crippen molar-refractivity contribution in [1.82, 2.24) is 9.97 Å². The Hall–Kier alpha value is -3.12. The summed E-state index contributed by atoms with van der Waals surface area (Å²) in [4.78, 5) is 20.7. The first kappa shape index (κ1) is 17.7. The van der Waals surface area contributed by atoms with Crippen LogP contribution in [0.3, 0.4) is 0 Å². The molecule has 132 valence electrons. The van der Waals surface area contributed by atoms with E-state index in [1.807, 2.05) is 31.2 Å². The van der Waals surface area contributed by atoms with Crippen molar-refractivity contribution in [1.29, 1.82) is 0 Å². The van der Waals surface area contributed by atoms with Crippen LogP contribution >= 0.6 is 11.6 Å². The number of amides is 1. The zero-order valence-corrected chi connectivity index (χ0v) is 15.0. The second-order valence-corrected chi connectivity index (χ2v) is 5.92. The highest BCUT2D eigenvalue weighted by Gasteiger charge is 2.12. The van der Waals surface area contributed by atoms with E-state index in [4.69, 9.17) is 16.3 Å². The summed E-state index contributed by atoms with van der Waals surface area (Å²) in [6.45, 7) is 1.84. The van der Waals surface area contributed by atoms with E-state index in [0.29, 0.717) is 16.5 Å². The van der Waals surface area contributed by atoms with E-state index in [0.717, 1.165) is 17.0 Å². The number of hydrogen-bond acceptors (Lipinski definition) is 5. The molecule has 0 radical (unpaired) electrons. The number of nitrogens with zero attached hydrogens (tertiary/aromatic N) is 2. The van der Waals surface area contributed by atoms with Gasteiger partial charge in [-0.15, -0.1) is 0 Å². The Morgan fingerprint density at radius 1 is 1.12 bits per heavy atom. The van der Waals surface area contributed by atoms with Gasteiger partial charge in [-0.25, -0.2) is 9.97 Å². The van der Waals surface area contributed by atoms with Crippen molar-refractivity contribution >= 4 is 34.7 Å². The summed E-state index contributed by atoms with van der Waals surface area (Å²) < 4.78 is 5.19. The average Bonchev–Trinajstić information content (AvgIpc) is 2.66. The van der Waals surface area contributed by atoms with Crippen molar-refractivity contribution in [2.75, 3.05) is 17.7 Å². The van der Waals surface area contributed by atoms with Gasteiger partial charge >= 0.3 is 0 Å². The number of carbonyl (C=O) groups excluding carboxylic acids is 1. The number of methoxy groups -OCH3 is 1. The van der Waals surface area contributed by atoms with Gasteiger partial charge < -0.3 is 15.4 Å². The van der Waals surface area contributed by atoms with Gasteiger partial charge in [0.25, 0.3) is 5.91 Å². The average molecular weight is 369 g/mol. The van der Waals surface area contributed by atoms with Gasteiger partial charge in [-0.05, 0) is 36.8 Å². The highest BCUT2D eigenvalue weighted by atomic mass is 35.5. The number of benzene rings is 2. The fraction of sp³-hybridized carbons (Fsp3) is 0.105. The Balaban J connectivity index is 1.78. The minimum Gasteiger partial charge on any atom is -0.497 e. The maximum atomic E-state index is 12.5. The molecule has 2 N–H and O–H groups in total. The summed E-state index contributed by atoms with van der Waals surface area (Å²) >= 11 is 6.09. The highest BCUT2D eigenvalue weighted by molar-refractivity contribution is 6.31. The van der Waals surface area contributed by atoms with E-state index in [1.54, 1.807) is 31.4 Å². The molecule has 0 saturated heterocycles. The van der Waals surface area contributed by atoms with Crippen LogP contribution < -0.4 is 15.4 Å². The molecule has 0 aliphatic rings. The number of ether oxygens (including phenoxy) is 1. The van der Waals surface area contributed by atoms with E-state index < -0.39 is 0 Å². The molecular formula is C19H17ClN4O2. The molecule has 3 aromatic rings. The van der Waals surface area contributed by atoms with Crippen molar-refractivity contribution < 1.29 is 9.53 Å². The quantitative estimate of drug-likeness (QED) is 0.696. The van der Waals surface area contributed by atoms with E-state index in [1.165, 1.54) is 6.33 Å². The SMILES string of the molecule is COc1cccc(Nc2cc(C(=O)Nc3cccc(Cl)c3C)ncn2)c1. The van der Waals surface area contributed by atoms with E-state index in [9.17, 15) is 4.79 Å². The van der Waals surface area contributed by atoms with Crippen molar-refractivity contribution in [2.24, 2.45) is 0 Å².